The predicted octanol–water partition coefficient (Wildman–Crippen LogP) is 2.55. The average Bonchev–Trinajstić information content (AvgIpc) is 2.59. The van der Waals surface area contributed by atoms with E-state index >= 15 is 0 Å². The molecule has 2 bridgehead atoms. The fraction of sp³-hybridized carbons (Fsp3) is 0.632. The standard InChI is InChI=1S/C19H24ClNO4/c1-21-5-4-19-9-14(22)15(24-2)7-11(19)13(21)6-10-12(20)8-16(25-3)18(23)17(10)19/h8,11,13,15,23H,4-7,9H2,1-3H3/t11?,13-,15?,19+/m0/s1. The Morgan fingerprint density at radius 1 is 1.40 bits per heavy atom. The quantitative estimate of drug-likeness (QED) is 0.872. The van der Waals surface area contributed by atoms with Gasteiger partial charge in [-0.25, -0.2) is 0 Å². The lowest BCUT2D eigenvalue weighted by molar-refractivity contribution is -0.141. The number of methoxy groups -OCH3 is 2. The van der Waals surface area contributed by atoms with Crippen molar-refractivity contribution >= 4 is 17.4 Å². The van der Waals surface area contributed by atoms with Crippen molar-refractivity contribution in [1.29, 1.82) is 0 Å². The lowest BCUT2D eigenvalue weighted by Gasteiger charge is -2.58. The lowest BCUT2D eigenvalue weighted by Crippen LogP contribution is -2.63. The molecule has 0 aromatic heterocycles. The molecule has 1 aromatic carbocycles. The molecular formula is C19H24ClNO4. The SMILES string of the molecule is COc1cc(Cl)c2c(c1O)[C@@]13CCN(C)[C@@H](C2)C1CC(OC)C(=O)C3. The van der Waals surface area contributed by atoms with E-state index < -0.39 is 0 Å². The first-order valence-electron chi connectivity index (χ1n) is 8.77. The first kappa shape index (κ1) is 17.1. The third-order valence-electron chi connectivity index (χ3n) is 6.70. The monoisotopic (exact) mass is 365 g/mol. The maximum atomic E-state index is 12.7. The van der Waals surface area contributed by atoms with Gasteiger partial charge in [0.1, 0.15) is 6.10 Å². The van der Waals surface area contributed by atoms with Gasteiger partial charge in [-0.05, 0) is 44.3 Å². The van der Waals surface area contributed by atoms with Gasteiger partial charge >= 0.3 is 0 Å². The van der Waals surface area contributed by atoms with E-state index in [2.05, 4.69) is 11.9 Å². The number of hydrogen-bond donors (Lipinski definition) is 1. The van der Waals surface area contributed by atoms with Crippen LogP contribution in [0.4, 0.5) is 0 Å². The number of phenols is 1. The summed E-state index contributed by atoms with van der Waals surface area (Å²) in [6, 6.07) is 1.99. The molecule has 1 N–H and O–H groups in total. The molecule has 5 nitrogen and oxygen atoms in total. The van der Waals surface area contributed by atoms with Crippen LogP contribution < -0.4 is 4.74 Å². The van der Waals surface area contributed by atoms with Gasteiger partial charge in [0.25, 0.3) is 0 Å². The second-order valence-electron chi connectivity index (χ2n) is 7.63. The number of hydrogen-bond acceptors (Lipinski definition) is 5. The van der Waals surface area contributed by atoms with Gasteiger partial charge < -0.3 is 19.5 Å². The number of carbonyl (C=O) groups excluding carboxylic acids is 1. The first-order valence-corrected chi connectivity index (χ1v) is 9.15. The smallest absolute Gasteiger partial charge is 0.162 e. The number of ketones is 1. The molecule has 2 fully saturated rings. The molecule has 1 aromatic rings. The van der Waals surface area contributed by atoms with Crippen LogP contribution in [0, 0.1) is 5.92 Å². The number of halogens is 1. The number of piperidine rings is 1. The molecule has 1 heterocycles. The Bertz CT molecular complexity index is 737. The first-order chi connectivity index (χ1) is 11.9. The number of likely N-dealkylation sites (N-methyl/N-ethyl adjacent to an activating group) is 1. The van der Waals surface area contributed by atoms with E-state index in [0.29, 0.717) is 29.7 Å². The molecule has 3 aliphatic rings. The lowest BCUT2D eigenvalue weighted by atomic mass is 9.51. The second-order valence-corrected chi connectivity index (χ2v) is 8.04. The minimum absolute atomic E-state index is 0.119. The van der Waals surface area contributed by atoms with Gasteiger partial charge in [-0.3, -0.25) is 4.79 Å². The fourth-order valence-corrected chi connectivity index (χ4v) is 5.74. The van der Waals surface area contributed by atoms with Crippen LogP contribution >= 0.6 is 11.6 Å². The van der Waals surface area contributed by atoms with E-state index in [9.17, 15) is 9.90 Å². The summed E-state index contributed by atoms with van der Waals surface area (Å²) in [5.74, 6) is 0.915. The highest BCUT2D eigenvalue weighted by Gasteiger charge is 2.58. The summed E-state index contributed by atoms with van der Waals surface area (Å²) in [7, 11) is 5.27. The third-order valence-corrected chi connectivity index (χ3v) is 7.04. The van der Waals surface area contributed by atoms with E-state index in [1.807, 2.05) is 0 Å². The third kappa shape index (κ3) is 2.25. The number of nitrogens with zero attached hydrogens (tertiary/aromatic N) is 1. The summed E-state index contributed by atoms with van der Waals surface area (Å²) in [5, 5.41) is 11.6. The van der Waals surface area contributed by atoms with Crippen molar-refractivity contribution in [2.24, 2.45) is 5.92 Å². The Hall–Kier alpha value is -1.30. The Labute approximate surface area is 152 Å². The van der Waals surface area contributed by atoms with Crippen molar-refractivity contribution in [1.82, 2.24) is 4.90 Å². The van der Waals surface area contributed by atoms with Crippen molar-refractivity contribution in [2.75, 3.05) is 27.8 Å². The highest BCUT2D eigenvalue weighted by Crippen LogP contribution is 2.59. The second kappa shape index (κ2) is 5.86. The zero-order valence-electron chi connectivity index (χ0n) is 14.8. The molecule has 25 heavy (non-hydrogen) atoms. The van der Waals surface area contributed by atoms with Crippen LogP contribution in [0.3, 0.4) is 0 Å². The molecule has 2 aliphatic carbocycles. The minimum Gasteiger partial charge on any atom is -0.504 e. The van der Waals surface area contributed by atoms with E-state index in [0.717, 1.165) is 30.5 Å². The maximum Gasteiger partial charge on any atom is 0.162 e. The molecule has 4 atom stereocenters. The Morgan fingerprint density at radius 3 is 2.84 bits per heavy atom. The van der Waals surface area contributed by atoms with Crippen LogP contribution in [-0.4, -0.2) is 55.7 Å². The number of rotatable bonds is 2. The van der Waals surface area contributed by atoms with E-state index in [1.165, 1.54) is 7.11 Å². The summed E-state index contributed by atoms with van der Waals surface area (Å²) in [4.78, 5) is 15.1. The molecule has 0 spiro atoms. The van der Waals surface area contributed by atoms with Crippen molar-refractivity contribution in [3.8, 4) is 11.5 Å². The average molecular weight is 366 g/mol. The number of fused-ring (bicyclic) bond motifs is 1. The van der Waals surface area contributed by atoms with Crippen molar-refractivity contribution < 1.29 is 19.4 Å². The summed E-state index contributed by atoms with van der Waals surface area (Å²) in [6.45, 7) is 0.903. The van der Waals surface area contributed by atoms with Crippen molar-refractivity contribution in [2.45, 2.75) is 43.2 Å². The van der Waals surface area contributed by atoms with E-state index in [4.69, 9.17) is 21.1 Å². The van der Waals surface area contributed by atoms with Gasteiger partial charge in [0.05, 0.1) is 7.11 Å². The van der Waals surface area contributed by atoms with Crippen LogP contribution in [0.25, 0.3) is 0 Å². The largest absolute Gasteiger partial charge is 0.504 e. The van der Waals surface area contributed by atoms with Gasteiger partial charge in [-0.2, -0.15) is 0 Å². The molecule has 0 amide bonds. The van der Waals surface area contributed by atoms with E-state index in [1.54, 1.807) is 13.2 Å². The molecule has 1 saturated heterocycles. The summed E-state index contributed by atoms with van der Waals surface area (Å²) >= 11 is 6.56. The van der Waals surface area contributed by atoms with Gasteiger partial charge in [0.2, 0.25) is 0 Å². The van der Waals surface area contributed by atoms with Crippen molar-refractivity contribution in [3.63, 3.8) is 0 Å². The zero-order chi connectivity index (χ0) is 17.9. The molecule has 1 saturated carbocycles. The molecular weight excluding hydrogens is 342 g/mol. The normalized spacial score (nSPS) is 34.4. The van der Waals surface area contributed by atoms with Crippen LogP contribution in [0.2, 0.25) is 5.02 Å². The number of carbonyl (C=O) groups is 1. The highest BCUT2D eigenvalue weighted by atomic mass is 35.5. The van der Waals surface area contributed by atoms with Gasteiger partial charge in [0.15, 0.2) is 17.3 Å². The zero-order valence-corrected chi connectivity index (χ0v) is 15.6. The molecule has 2 unspecified atom stereocenters. The van der Waals surface area contributed by atoms with Gasteiger partial charge in [-0.15, -0.1) is 0 Å². The fourth-order valence-electron chi connectivity index (χ4n) is 5.47. The molecule has 4 rings (SSSR count). The Morgan fingerprint density at radius 2 is 2.16 bits per heavy atom. The van der Waals surface area contributed by atoms with Crippen molar-refractivity contribution in [3.05, 3.63) is 22.2 Å². The van der Waals surface area contributed by atoms with Crippen LogP contribution in [0.1, 0.15) is 30.4 Å². The topological polar surface area (TPSA) is 59.0 Å². The number of benzene rings is 1. The van der Waals surface area contributed by atoms with E-state index in [-0.39, 0.29) is 29.0 Å². The number of phenolic OH excluding ortho intramolecular Hbond substituents is 1. The minimum atomic E-state index is -0.376. The summed E-state index contributed by atoms with van der Waals surface area (Å²) in [6.07, 6.45) is 2.34. The number of Topliss-reactive ketones (excluding diaryl/α,β-unsaturated/α-hetero) is 1. The van der Waals surface area contributed by atoms with Gasteiger partial charge in [0, 0.05) is 41.6 Å². The predicted molar refractivity (Wildman–Crippen MR) is 94.6 cm³/mol. The molecule has 1 aliphatic heterocycles. The van der Waals surface area contributed by atoms with Crippen LogP contribution in [-0.2, 0) is 21.4 Å². The molecule has 136 valence electrons. The van der Waals surface area contributed by atoms with Gasteiger partial charge in [-0.1, -0.05) is 11.6 Å². The number of likely N-dealkylation sites (tertiary alicyclic amines) is 1. The number of aromatic hydroxyl groups is 1. The Balaban J connectivity index is 1.95. The highest BCUT2D eigenvalue weighted by molar-refractivity contribution is 6.31. The van der Waals surface area contributed by atoms with Crippen LogP contribution in [0.15, 0.2) is 6.07 Å². The summed E-state index contributed by atoms with van der Waals surface area (Å²) in [5.41, 5.74) is 1.43. The molecule has 6 heteroatoms. The Kier molecular flexibility index (Phi) is 4.02. The summed E-state index contributed by atoms with van der Waals surface area (Å²) < 4.78 is 10.8. The van der Waals surface area contributed by atoms with Crippen LogP contribution in [0.5, 0.6) is 11.5 Å². The maximum absolute atomic E-state index is 12.7. The molecule has 0 radical (unpaired) electrons. The number of ether oxygens (including phenoxy) is 2.